The number of halogens is 1. The molecule has 2 unspecified atom stereocenters. The summed E-state index contributed by atoms with van der Waals surface area (Å²) < 4.78 is 25.7. The van der Waals surface area contributed by atoms with E-state index < -0.39 is 0 Å². The van der Waals surface area contributed by atoms with Gasteiger partial charge in [0, 0.05) is 218 Å². The van der Waals surface area contributed by atoms with Crippen molar-refractivity contribution < 1.29 is 131 Å². The van der Waals surface area contributed by atoms with Crippen molar-refractivity contribution in [3.8, 4) is 0 Å². The number of rotatable bonds is 0. The summed E-state index contributed by atoms with van der Waals surface area (Å²) in [7, 11) is 0. The van der Waals surface area contributed by atoms with Crippen LogP contribution in [0.4, 0.5) is 4.39 Å². The molecule has 20 rings (SSSR count). The summed E-state index contributed by atoms with van der Waals surface area (Å²) in [4.78, 5) is 26.0. The number of aromatic nitrogens is 12. The predicted molar refractivity (Wildman–Crippen MR) is 352 cm³/mol. The van der Waals surface area contributed by atoms with Crippen LogP contribution in [-0.2, 0) is 126 Å². The monoisotopic (exact) mass is 2330 g/mol. The molecule has 2 bridgehead atoms. The number of hydrogen-bond donors (Lipinski definition) is 0. The fourth-order valence-corrected chi connectivity index (χ4v) is 13.2. The zero-order valence-corrected chi connectivity index (χ0v) is 65.2. The molecule has 2 aliphatic rings. The molecule has 12 heterocycles. The molecular weight excluding hydrogens is 2270 g/mol. The number of benzene rings is 6. The molecule has 0 radical (unpaired) electrons. The average Bonchev–Trinajstić information content (AvgIpc) is 1.56. The summed E-state index contributed by atoms with van der Waals surface area (Å²) in [5, 5.41) is 13.1. The van der Waals surface area contributed by atoms with Gasteiger partial charge in [-0.05, 0) is 76.7 Å². The van der Waals surface area contributed by atoms with E-state index in [1.807, 2.05) is 135 Å². The van der Waals surface area contributed by atoms with E-state index in [-0.39, 0.29) is 132 Å². The van der Waals surface area contributed by atoms with E-state index in [4.69, 9.17) is 0 Å². The third kappa shape index (κ3) is 13.6. The molecule has 1 fully saturated rings. The van der Waals surface area contributed by atoms with Crippen molar-refractivity contribution >= 4 is 98.5 Å². The molecule has 2 aliphatic carbocycles. The molecule has 0 aliphatic heterocycles. The Morgan fingerprint density at radius 3 is 1.48 bits per heavy atom. The number of imidazole rings is 6. The first-order valence-electron chi connectivity index (χ1n) is 29.8. The number of aryl methyl sites for hydroxylation is 5. The van der Waals surface area contributed by atoms with E-state index in [1.54, 1.807) is 30.1 Å². The van der Waals surface area contributed by atoms with Gasteiger partial charge < -0.3 is 26.4 Å². The van der Waals surface area contributed by atoms with E-state index in [2.05, 4.69) is 170 Å². The van der Waals surface area contributed by atoms with Gasteiger partial charge >= 0.3 is 0 Å². The van der Waals surface area contributed by atoms with E-state index in [0.29, 0.717) is 5.39 Å². The second-order valence-electron chi connectivity index (χ2n) is 22.8. The smallest absolute Gasteiger partial charge is 0.0606 e. The predicted octanol–water partition coefficient (Wildman–Crippen LogP) is 16.8. The molecule has 0 amide bonds. The maximum absolute atomic E-state index is 13.4. The minimum absolute atomic E-state index is 0. The van der Waals surface area contributed by atoms with Gasteiger partial charge in [-0.25, -0.2) is 4.39 Å². The standard InChI is InChI=1S/C16H13N2.C13H11N2.3C12H9N2.C11H6FN2.6Pt/c1-2-4-13-12(3-1)14-10-5-6-11(9-10)15(14)18-8-7-17-16(13)18;1-9-10(2)15-8-7-14-13(15)12-6-4-3-5-11(9)12;1-9-2-3-10-4-6-14-7-5-13-12(14)11(10)8-9;1-9-3-2-4-11-10(9)5-7-14-8-6-13-12(11)14;1-9-8-14-7-6-13-12(14)11-5-3-2-4-10(9)11;12-10-3-1-2-9-8(10)4-6-14-7-5-13-11(9)14;;;;;;/h1-3,7-8,10-11H,5-6,9H2;3-5,7-8H,1-2H3;2-7H,1H3;2-3,5-8H,1H3;2-4,6-8H,1H3;1,3-7H;;;;;;/q6*-1;;;;;;. The van der Waals surface area contributed by atoms with Crippen LogP contribution in [0.3, 0.4) is 0 Å². The van der Waals surface area contributed by atoms with E-state index >= 15 is 0 Å². The molecule has 12 aromatic heterocycles. The van der Waals surface area contributed by atoms with Gasteiger partial charge in [-0.1, -0.05) is 64.9 Å². The largest absolute Gasteiger partial charge is 0.347 e. The van der Waals surface area contributed by atoms with Crippen LogP contribution in [-0.4, -0.2) is 56.3 Å². The number of hydrogen-bond acceptors (Lipinski definition) is 6. The van der Waals surface area contributed by atoms with Gasteiger partial charge in [-0.15, -0.1) is 187 Å². The van der Waals surface area contributed by atoms with Crippen molar-refractivity contribution in [2.45, 2.75) is 65.7 Å². The van der Waals surface area contributed by atoms with Gasteiger partial charge in [0.25, 0.3) is 0 Å². The fraction of sp³-hybridized carbons (Fsp3) is 0.132. The summed E-state index contributed by atoms with van der Waals surface area (Å²) >= 11 is 0. The van der Waals surface area contributed by atoms with Crippen molar-refractivity contribution in [1.82, 2.24) is 56.3 Å². The van der Waals surface area contributed by atoms with Gasteiger partial charge in [0.1, 0.15) is 0 Å². The quantitative estimate of drug-likeness (QED) is 0.140. The maximum Gasteiger partial charge on any atom is 0.0606 e. The summed E-state index contributed by atoms with van der Waals surface area (Å²) in [6.45, 7) is 10.5. The van der Waals surface area contributed by atoms with E-state index in [1.165, 1.54) is 85.7 Å². The van der Waals surface area contributed by atoms with Gasteiger partial charge in [-0.2, -0.15) is 0 Å². The Morgan fingerprint density at radius 2 is 0.842 bits per heavy atom. The third-order valence-corrected chi connectivity index (χ3v) is 17.6. The molecule has 12 nitrogen and oxygen atoms in total. The summed E-state index contributed by atoms with van der Waals surface area (Å²) in [6, 6.07) is 55.0. The van der Waals surface area contributed by atoms with Crippen molar-refractivity contribution in [2.24, 2.45) is 0 Å². The minimum atomic E-state index is -0.232. The summed E-state index contributed by atoms with van der Waals surface area (Å²) in [5.41, 5.74) is 15.1. The molecule has 95 heavy (non-hydrogen) atoms. The Labute approximate surface area is 634 Å². The van der Waals surface area contributed by atoms with Gasteiger partial charge in [-0.3, -0.25) is 29.9 Å². The summed E-state index contributed by atoms with van der Waals surface area (Å²) in [6.07, 6.45) is 34.7. The van der Waals surface area contributed by atoms with E-state index in [0.717, 1.165) is 78.2 Å². The molecule has 2 atom stereocenters. The third-order valence-electron chi connectivity index (χ3n) is 17.6. The number of fused-ring (bicyclic) bond motifs is 25. The first-order valence-corrected chi connectivity index (χ1v) is 29.8. The molecule has 0 saturated heterocycles. The van der Waals surface area contributed by atoms with Crippen molar-refractivity contribution in [3.05, 3.63) is 290 Å². The topological polar surface area (TPSA) is 104 Å². The molecule has 1 saturated carbocycles. The second kappa shape index (κ2) is 31.1. The van der Waals surface area contributed by atoms with Crippen LogP contribution in [0.5, 0.6) is 0 Å². The van der Waals surface area contributed by atoms with Crippen LogP contribution in [0.15, 0.2) is 208 Å². The van der Waals surface area contributed by atoms with Crippen LogP contribution in [0.25, 0.3) is 98.5 Å². The minimum Gasteiger partial charge on any atom is -0.347 e. The Kier molecular flexibility index (Phi) is 23.7. The number of pyridine rings is 6. The molecule has 0 spiro atoms. The molecule has 6 aromatic carbocycles. The molecule has 0 N–H and O–H groups in total. The maximum atomic E-state index is 13.4. The van der Waals surface area contributed by atoms with Crippen LogP contribution < -0.4 is 0 Å². The zero-order chi connectivity index (χ0) is 60.3. The van der Waals surface area contributed by atoms with Gasteiger partial charge in [0.2, 0.25) is 0 Å². The van der Waals surface area contributed by atoms with Crippen molar-refractivity contribution in [1.29, 1.82) is 0 Å². The van der Waals surface area contributed by atoms with Crippen LogP contribution in [0, 0.1) is 76.8 Å². The normalized spacial score (nSPS) is 13.2. The summed E-state index contributed by atoms with van der Waals surface area (Å²) in [5.74, 6) is 1.30. The van der Waals surface area contributed by atoms with Crippen LogP contribution in [0.1, 0.15) is 70.3 Å². The molecular formula is C76H57FN12Pt6-6. The molecule has 19 heteroatoms. The van der Waals surface area contributed by atoms with Crippen molar-refractivity contribution in [2.75, 3.05) is 0 Å². The Balaban J connectivity index is 0.000000133. The molecule has 494 valence electrons. The average molecular weight is 2330 g/mol. The second-order valence-corrected chi connectivity index (χ2v) is 22.8. The SMILES string of the molecule is Cc1[c-]c2c(cc1)ccn1ccnc21.Cc1c(C)n2ccnc2c2[c-]cccc12.Cc1cc[c-]c2c1ccn1ccnc21.Cc1cn2ccnc2c2[c-]cccc12.Fc1cc[c-]c2c1ccn1ccnc21.[Pt].[Pt].[Pt].[Pt].[Pt].[Pt].[c-]1cccc2c3c(n4ccnc4c12)C1CCC3C1. The van der Waals surface area contributed by atoms with Crippen LogP contribution in [0.2, 0.25) is 0 Å². The van der Waals surface area contributed by atoms with Gasteiger partial charge in [0.05, 0.1) is 33.9 Å². The first-order chi connectivity index (χ1) is 43.6. The first kappa shape index (κ1) is 72.4. The van der Waals surface area contributed by atoms with Gasteiger partial charge in [0.15, 0.2) is 0 Å². The fourth-order valence-electron chi connectivity index (χ4n) is 13.2. The Hall–Kier alpha value is -6.92. The van der Waals surface area contributed by atoms with Crippen molar-refractivity contribution in [3.63, 3.8) is 0 Å². The molecule has 18 aromatic rings. The number of nitrogens with zero attached hydrogens (tertiary/aromatic N) is 12. The Bertz CT molecular complexity index is 5520. The Morgan fingerprint density at radius 1 is 0.389 bits per heavy atom. The zero-order valence-electron chi connectivity index (χ0n) is 51.5. The van der Waals surface area contributed by atoms with E-state index in [9.17, 15) is 4.39 Å². The van der Waals surface area contributed by atoms with Crippen LogP contribution >= 0.6 is 0 Å².